The van der Waals surface area contributed by atoms with Crippen molar-refractivity contribution in [3.63, 3.8) is 0 Å². The Morgan fingerprint density at radius 1 is 1.00 bits per heavy atom. The first-order chi connectivity index (χ1) is 16.3. The molecule has 3 heterocycles. The number of hydrogen-bond acceptors (Lipinski definition) is 3. The molecule has 0 bridgehead atoms. The topological polar surface area (TPSA) is 32.3 Å². The Labute approximate surface area is 200 Å². The summed E-state index contributed by atoms with van der Waals surface area (Å²) in [5.74, 6) is 0.894. The van der Waals surface area contributed by atoms with Crippen molar-refractivity contribution in [3.8, 4) is 0 Å². The highest BCUT2D eigenvalue weighted by molar-refractivity contribution is 7.10. The lowest BCUT2D eigenvalue weighted by Gasteiger charge is -2.44. The fraction of sp³-hybridized carbons (Fsp3) is 0.414. The number of fused-ring (bicyclic) bond motifs is 2. The predicted octanol–water partition coefficient (Wildman–Crippen LogP) is 5.69. The maximum absolute atomic E-state index is 14.3. The van der Waals surface area contributed by atoms with Gasteiger partial charge >= 0.3 is 0 Å². The Morgan fingerprint density at radius 3 is 2.55 bits per heavy atom. The Kier molecular flexibility index (Phi) is 5.59. The van der Waals surface area contributed by atoms with E-state index in [0.717, 1.165) is 45.3 Å². The normalized spacial score (nSPS) is 29.2. The van der Waals surface area contributed by atoms with Crippen LogP contribution >= 0.6 is 11.3 Å². The molecular formula is C29H32N2OS. The molecule has 0 unspecified atom stereocenters. The third-order valence-electron chi connectivity index (χ3n) is 8.36. The zero-order valence-electron chi connectivity index (χ0n) is 19.1. The number of benzene rings is 2. The molecular weight excluding hydrogens is 424 g/mol. The second-order valence-electron chi connectivity index (χ2n) is 10.1. The first kappa shape index (κ1) is 21.1. The monoisotopic (exact) mass is 456 g/mol. The van der Waals surface area contributed by atoms with Gasteiger partial charge in [-0.05, 0) is 66.2 Å². The van der Waals surface area contributed by atoms with Crippen LogP contribution in [0, 0.1) is 5.92 Å². The summed E-state index contributed by atoms with van der Waals surface area (Å²) < 4.78 is 0. The van der Waals surface area contributed by atoms with Gasteiger partial charge in [-0.1, -0.05) is 60.7 Å². The summed E-state index contributed by atoms with van der Waals surface area (Å²) in [6, 6.07) is 24.0. The zero-order valence-corrected chi connectivity index (χ0v) is 19.9. The van der Waals surface area contributed by atoms with Crippen LogP contribution in [-0.2, 0) is 16.6 Å². The molecule has 1 aromatic heterocycles. The molecule has 1 spiro atoms. The van der Waals surface area contributed by atoms with Crippen molar-refractivity contribution in [2.75, 3.05) is 19.6 Å². The van der Waals surface area contributed by atoms with Crippen LogP contribution in [0.3, 0.4) is 0 Å². The number of likely N-dealkylation sites (tertiary alicyclic amines) is 1. The second-order valence-corrected chi connectivity index (χ2v) is 11.0. The fourth-order valence-electron chi connectivity index (χ4n) is 6.71. The third kappa shape index (κ3) is 3.64. The van der Waals surface area contributed by atoms with Crippen molar-refractivity contribution in [3.05, 3.63) is 93.7 Å². The van der Waals surface area contributed by atoms with Crippen LogP contribution < -0.4 is 5.32 Å². The summed E-state index contributed by atoms with van der Waals surface area (Å²) in [5.41, 5.74) is 4.14. The van der Waals surface area contributed by atoms with Gasteiger partial charge in [0.1, 0.15) is 0 Å². The minimum atomic E-state index is -0.0175. The van der Waals surface area contributed by atoms with Gasteiger partial charge in [0.2, 0.25) is 5.91 Å². The molecule has 4 atom stereocenters. The lowest BCUT2D eigenvalue weighted by Crippen LogP contribution is -2.50. The minimum absolute atomic E-state index is 0.0175. The third-order valence-corrected chi connectivity index (χ3v) is 9.54. The van der Waals surface area contributed by atoms with Crippen LogP contribution in [0.4, 0.5) is 0 Å². The van der Waals surface area contributed by atoms with Gasteiger partial charge in [0.05, 0.1) is 12.0 Å². The Morgan fingerprint density at radius 2 is 1.76 bits per heavy atom. The van der Waals surface area contributed by atoms with Gasteiger partial charge in [0, 0.05) is 29.9 Å². The summed E-state index contributed by atoms with van der Waals surface area (Å²) in [7, 11) is 0. The number of hydrogen-bond donors (Lipinski definition) is 1. The molecule has 1 N–H and O–H groups in total. The number of nitrogens with one attached hydrogen (secondary N) is 1. The van der Waals surface area contributed by atoms with Crippen molar-refractivity contribution in [1.82, 2.24) is 10.2 Å². The molecule has 1 aliphatic carbocycles. The number of rotatable bonds is 3. The van der Waals surface area contributed by atoms with Gasteiger partial charge in [-0.25, -0.2) is 0 Å². The fourth-order valence-corrected chi connectivity index (χ4v) is 7.95. The van der Waals surface area contributed by atoms with Crippen LogP contribution in [0.2, 0.25) is 0 Å². The number of thiophene rings is 1. The van der Waals surface area contributed by atoms with Crippen LogP contribution in [0.1, 0.15) is 59.2 Å². The highest BCUT2D eigenvalue weighted by Crippen LogP contribution is 2.49. The van der Waals surface area contributed by atoms with E-state index in [-0.39, 0.29) is 17.4 Å². The first-order valence-corrected chi connectivity index (χ1v) is 13.3. The van der Waals surface area contributed by atoms with Crippen molar-refractivity contribution in [2.24, 2.45) is 5.92 Å². The molecule has 3 aliphatic rings. The largest absolute Gasteiger partial charge is 0.335 e. The van der Waals surface area contributed by atoms with E-state index in [1.165, 1.54) is 28.0 Å². The molecule has 0 radical (unpaired) electrons. The van der Waals surface area contributed by atoms with E-state index in [2.05, 4.69) is 82.3 Å². The van der Waals surface area contributed by atoms with Gasteiger partial charge in [0.25, 0.3) is 0 Å². The highest BCUT2D eigenvalue weighted by Gasteiger charge is 2.52. The molecule has 2 aliphatic heterocycles. The number of amides is 1. The van der Waals surface area contributed by atoms with E-state index in [9.17, 15) is 4.79 Å². The molecule has 33 heavy (non-hydrogen) atoms. The summed E-state index contributed by atoms with van der Waals surface area (Å²) >= 11 is 1.87. The summed E-state index contributed by atoms with van der Waals surface area (Å²) in [6.45, 7) is 2.57. The maximum atomic E-state index is 14.3. The van der Waals surface area contributed by atoms with Crippen LogP contribution in [0.25, 0.3) is 0 Å². The van der Waals surface area contributed by atoms with Crippen molar-refractivity contribution in [1.29, 1.82) is 0 Å². The SMILES string of the molecule is O=C([C@@H]1CNC[C@]12CCCc1ccsc12)N1CC[C@@H](c2ccccc2)C[C@H]1c1ccccc1. The molecule has 2 saturated heterocycles. The molecule has 4 heteroatoms. The van der Waals surface area contributed by atoms with Crippen molar-refractivity contribution < 1.29 is 4.79 Å². The molecule has 2 fully saturated rings. The van der Waals surface area contributed by atoms with Gasteiger partial charge in [-0.15, -0.1) is 11.3 Å². The van der Waals surface area contributed by atoms with Crippen molar-refractivity contribution in [2.45, 2.75) is 49.5 Å². The van der Waals surface area contributed by atoms with Crippen LogP contribution in [0.15, 0.2) is 72.1 Å². The summed E-state index contributed by atoms with van der Waals surface area (Å²) in [6.07, 6.45) is 5.51. The number of carbonyl (C=O) groups is 1. The first-order valence-electron chi connectivity index (χ1n) is 12.4. The number of piperidine rings is 1. The molecule has 3 aromatic rings. The summed E-state index contributed by atoms with van der Waals surface area (Å²) in [5, 5.41) is 5.86. The Bertz CT molecular complexity index is 1110. The maximum Gasteiger partial charge on any atom is 0.228 e. The lowest BCUT2D eigenvalue weighted by atomic mass is 9.68. The summed E-state index contributed by atoms with van der Waals surface area (Å²) in [4.78, 5) is 18.0. The number of aryl methyl sites for hydroxylation is 1. The van der Waals surface area contributed by atoms with E-state index < -0.39 is 0 Å². The average Bonchev–Trinajstić information content (AvgIpc) is 3.53. The second kappa shape index (κ2) is 8.73. The van der Waals surface area contributed by atoms with Gasteiger partial charge < -0.3 is 10.2 Å². The molecule has 170 valence electrons. The van der Waals surface area contributed by atoms with Crippen LogP contribution in [0.5, 0.6) is 0 Å². The number of nitrogens with zero attached hydrogens (tertiary/aromatic N) is 1. The van der Waals surface area contributed by atoms with Gasteiger partial charge in [-0.3, -0.25) is 4.79 Å². The van der Waals surface area contributed by atoms with E-state index in [1.807, 2.05) is 11.3 Å². The van der Waals surface area contributed by atoms with E-state index >= 15 is 0 Å². The highest BCUT2D eigenvalue weighted by atomic mass is 32.1. The molecule has 1 amide bonds. The van der Waals surface area contributed by atoms with E-state index in [4.69, 9.17) is 0 Å². The smallest absolute Gasteiger partial charge is 0.228 e. The number of carbonyl (C=O) groups excluding carboxylic acids is 1. The molecule has 0 saturated carbocycles. The van der Waals surface area contributed by atoms with E-state index in [0.29, 0.717) is 11.8 Å². The molecule has 3 nitrogen and oxygen atoms in total. The predicted molar refractivity (Wildman–Crippen MR) is 135 cm³/mol. The van der Waals surface area contributed by atoms with Gasteiger partial charge in [-0.2, -0.15) is 0 Å². The van der Waals surface area contributed by atoms with Crippen LogP contribution in [-0.4, -0.2) is 30.4 Å². The molecule has 6 rings (SSSR count). The quantitative estimate of drug-likeness (QED) is 0.549. The average molecular weight is 457 g/mol. The Balaban J connectivity index is 1.33. The van der Waals surface area contributed by atoms with Gasteiger partial charge in [0.15, 0.2) is 0 Å². The Hall–Kier alpha value is -2.43. The zero-order chi connectivity index (χ0) is 22.3. The lowest BCUT2D eigenvalue weighted by molar-refractivity contribution is -0.141. The molecule has 2 aromatic carbocycles. The standard InChI is InChI=1S/C29H32N2OS/c32-28(25-19-30-20-29(25)15-7-12-23-14-17-33-27(23)29)31-16-13-24(21-8-3-1-4-9-21)18-26(31)22-10-5-2-6-11-22/h1-6,8-11,14,17,24-26,30H,7,12-13,15-16,18-20H2/t24-,25+,26+,29-/m1/s1. The van der Waals surface area contributed by atoms with Crippen molar-refractivity contribution >= 4 is 17.2 Å². The minimum Gasteiger partial charge on any atom is -0.335 e. The van der Waals surface area contributed by atoms with E-state index in [1.54, 1.807) is 0 Å².